The van der Waals surface area contributed by atoms with Crippen LogP contribution in [0.2, 0.25) is 5.02 Å². The van der Waals surface area contributed by atoms with E-state index < -0.39 is 5.91 Å². The van der Waals surface area contributed by atoms with Crippen LogP contribution in [0.15, 0.2) is 48.5 Å². The number of rotatable bonds is 4. The van der Waals surface area contributed by atoms with E-state index in [1.807, 2.05) is 6.92 Å². The zero-order chi connectivity index (χ0) is 16.1. The van der Waals surface area contributed by atoms with Crippen LogP contribution in [0.4, 0.5) is 0 Å². The number of hydrogen-bond acceptors (Lipinski definition) is 3. The highest BCUT2D eigenvalue weighted by atomic mass is 35.5. The van der Waals surface area contributed by atoms with Crippen molar-refractivity contribution in [2.24, 2.45) is 0 Å². The predicted octanol–water partition coefficient (Wildman–Crippen LogP) is 2.95. The summed E-state index contributed by atoms with van der Waals surface area (Å²) in [6.07, 6.45) is 0. The van der Waals surface area contributed by atoms with Crippen LogP contribution < -0.4 is 10.8 Å². The van der Waals surface area contributed by atoms with Crippen molar-refractivity contribution < 1.29 is 14.8 Å². The molecular weight excluding hydrogens is 304 g/mol. The summed E-state index contributed by atoms with van der Waals surface area (Å²) in [4.78, 5) is 23.4. The van der Waals surface area contributed by atoms with Crippen molar-refractivity contribution >= 4 is 23.4 Å². The molecule has 1 atom stereocenters. The third-order valence-corrected chi connectivity index (χ3v) is 3.57. The van der Waals surface area contributed by atoms with Crippen molar-refractivity contribution in [2.45, 2.75) is 13.0 Å². The standard InChI is InChI=1S/C16H15ClN2O3/c1-10(11-6-8-12(9-7-11)15(20)19-22)18-16(21)13-4-2-3-5-14(13)17/h2-10,22H,1H3,(H,18,21)(H,19,20). The number of carbonyl (C=O) groups excluding carboxylic acids is 2. The topological polar surface area (TPSA) is 78.4 Å². The Morgan fingerprint density at radius 2 is 1.68 bits per heavy atom. The molecule has 2 rings (SSSR count). The fraction of sp³-hybridized carbons (Fsp3) is 0.125. The minimum atomic E-state index is -0.584. The van der Waals surface area contributed by atoms with E-state index in [4.69, 9.17) is 16.8 Å². The molecule has 0 aromatic heterocycles. The highest BCUT2D eigenvalue weighted by Gasteiger charge is 2.14. The molecule has 114 valence electrons. The highest BCUT2D eigenvalue weighted by Crippen LogP contribution is 2.18. The maximum absolute atomic E-state index is 12.2. The molecule has 0 spiro atoms. The van der Waals surface area contributed by atoms with Gasteiger partial charge >= 0.3 is 0 Å². The number of nitrogens with one attached hydrogen (secondary N) is 2. The fourth-order valence-corrected chi connectivity index (χ4v) is 2.21. The quantitative estimate of drug-likeness (QED) is 0.599. The van der Waals surface area contributed by atoms with Crippen molar-refractivity contribution in [1.29, 1.82) is 0 Å². The lowest BCUT2D eigenvalue weighted by Crippen LogP contribution is -2.27. The van der Waals surface area contributed by atoms with E-state index in [2.05, 4.69) is 5.32 Å². The summed E-state index contributed by atoms with van der Waals surface area (Å²) < 4.78 is 0. The molecule has 2 aromatic carbocycles. The maximum Gasteiger partial charge on any atom is 0.274 e. The number of halogens is 1. The summed E-state index contributed by atoms with van der Waals surface area (Å²) in [5.41, 5.74) is 3.13. The Morgan fingerprint density at radius 3 is 2.27 bits per heavy atom. The number of carbonyl (C=O) groups is 2. The molecule has 0 radical (unpaired) electrons. The van der Waals surface area contributed by atoms with E-state index >= 15 is 0 Å². The average molecular weight is 319 g/mol. The lowest BCUT2D eigenvalue weighted by atomic mass is 10.1. The van der Waals surface area contributed by atoms with Gasteiger partial charge in [0, 0.05) is 5.56 Å². The molecule has 0 fully saturated rings. The van der Waals surface area contributed by atoms with Crippen LogP contribution in [0.5, 0.6) is 0 Å². The van der Waals surface area contributed by atoms with Gasteiger partial charge < -0.3 is 5.32 Å². The van der Waals surface area contributed by atoms with Gasteiger partial charge in [-0.1, -0.05) is 35.9 Å². The van der Waals surface area contributed by atoms with Gasteiger partial charge in [0.25, 0.3) is 11.8 Å². The molecule has 5 nitrogen and oxygen atoms in total. The van der Waals surface area contributed by atoms with Crippen LogP contribution in [0.3, 0.4) is 0 Å². The van der Waals surface area contributed by atoms with Gasteiger partial charge in [-0.3, -0.25) is 14.8 Å². The fourth-order valence-electron chi connectivity index (χ4n) is 1.99. The first-order valence-corrected chi connectivity index (χ1v) is 7.00. The molecule has 0 aliphatic carbocycles. The Hall–Kier alpha value is -2.37. The lowest BCUT2D eigenvalue weighted by Gasteiger charge is -2.15. The first-order chi connectivity index (χ1) is 10.5. The molecule has 0 aliphatic heterocycles. The van der Waals surface area contributed by atoms with Crippen LogP contribution in [0.25, 0.3) is 0 Å². The van der Waals surface area contributed by atoms with E-state index in [1.54, 1.807) is 54.0 Å². The largest absolute Gasteiger partial charge is 0.345 e. The Morgan fingerprint density at radius 1 is 1.05 bits per heavy atom. The normalized spacial score (nSPS) is 11.6. The van der Waals surface area contributed by atoms with E-state index in [9.17, 15) is 9.59 Å². The maximum atomic E-state index is 12.2. The Bertz CT molecular complexity index is 686. The SMILES string of the molecule is CC(NC(=O)c1ccccc1Cl)c1ccc(C(=O)NO)cc1. The van der Waals surface area contributed by atoms with Crippen molar-refractivity contribution in [3.05, 3.63) is 70.2 Å². The summed E-state index contributed by atoms with van der Waals surface area (Å²) in [6, 6.07) is 13.1. The van der Waals surface area contributed by atoms with E-state index in [1.165, 1.54) is 0 Å². The van der Waals surface area contributed by atoms with E-state index in [0.717, 1.165) is 5.56 Å². The second-order valence-corrected chi connectivity index (χ2v) is 5.15. The zero-order valence-electron chi connectivity index (χ0n) is 11.8. The monoisotopic (exact) mass is 318 g/mol. The first-order valence-electron chi connectivity index (χ1n) is 6.62. The predicted molar refractivity (Wildman–Crippen MR) is 83.0 cm³/mol. The van der Waals surface area contributed by atoms with E-state index in [-0.39, 0.29) is 11.9 Å². The van der Waals surface area contributed by atoms with Gasteiger partial charge in [0.05, 0.1) is 16.6 Å². The molecular formula is C16H15ClN2O3. The van der Waals surface area contributed by atoms with Crippen molar-refractivity contribution in [3.8, 4) is 0 Å². The molecule has 3 N–H and O–H groups in total. The molecule has 0 aliphatic rings. The van der Waals surface area contributed by atoms with Crippen LogP contribution >= 0.6 is 11.6 Å². The smallest absolute Gasteiger partial charge is 0.274 e. The van der Waals surface area contributed by atoms with Crippen LogP contribution in [-0.4, -0.2) is 17.0 Å². The van der Waals surface area contributed by atoms with Crippen LogP contribution in [0.1, 0.15) is 39.2 Å². The molecule has 2 amide bonds. The molecule has 0 saturated heterocycles. The summed E-state index contributed by atoms with van der Waals surface area (Å²) in [6.45, 7) is 1.83. The minimum absolute atomic E-state index is 0.255. The van der Waals surface area contributed by atoms with Crippen molar-refractivity contribution in [3.63, 3.8) is 0 Å². The Balaban J connectivity index is 2.09. The van der Waals surface area contributed by atoms with Gasteiger partial charge in [0.2, 0.25) is 0 Å². The number of amides is 2. The third-order valence-electron chi connectivity index (χ3n) is 3.24. The Kier molecular flexibility index (Phi) is 5.14. The lowest BCUT2D eigenvalue weighted by molar-refractivity contribution is 0.0706. The summed E-state index contributed by atoms with van der Waals surface area (Å²) in [5, 5.41) is 11.8. The number of hydrogen-bond donors (Lipinski definition) is 3. The first kappa shape index (κ1) is 16.0. The number of benzene rings is 2. The molecule has 22 heavy (non-hydrogen) atoms. The summed E-state index contributed by atoms with van der Waals surface area (Å²) >= 11 is 5.99. The molecule has 1 unspecified atom stereocenters. The minimum Gasteiger partial charge on any atom is -0.345 e. The second kappa shape index (κ2) is 7.06. The van der Waals surface area contributed by atoms with Gasteiger partial charge in [-0.25, -0.2) is 5.48 Å². The van der Waals surface area contributed by atoms with Crippen LogP contribution in [-0.2, 0) is 0 Å². The van der Waals surface area contributed by atoms with Crippen LogP contribution in [0, 0.1) is 0 Å². The molecule has 0 saturated carbocycles. The second-order valence-electron chi connectivity index (χ2n) is 4.74. The summed E-state index contributed by atoms with van der Waals surface area (Å²) in [7, 11) is 0. The molecule has 0 bridgehead atoms. The van der Waals surface area contributed by atoms with Gasteiger partial charge in [0.1, 0.15) is 0 Å². The zero-order valence-corrected chi connectivity index (χ0v) is 12.6. The third kappa shape index (κ3) is 3.63. The molecule has 0 heterocycles. The van der Waals surface area contributed by atoms with Crippen molar-refractivity contribution in [2.75, 3.05) is 0 Å². The van der Waals surface area contributed by atoms with Gasteiger partial charge in [0.15, 0.2) is 0 Å². The molecule has 2 aromatic rings. The Labute approximate surface area is 132 Å². The summed E-state index contributed by atoms with van der Waals surface area (Å²) in [5.74, 6) is -0.852. The number of hydroxylamine groups is 1. The van der Waals surface area contributed by atoms with Crippen molar-refractivity contribution in [1.82, 2.24) is 10.8 Å². The van der Waals surface area contributed by atoms with Gasteiger partial charge in [-0.05, 0) is 36.8 Å². The average Bonchev–Trinajstić information content (AvgIpc) is 2.54. The molecule has 6 heteroatoms. The van der Waals surface area contributed by atoms with Gasteiger partial charge in [-0.2, -0.15) is 0 Å². The van der Waals surface area contributed by atoms with Gasteiger partial charge in [-0.15, -0.1) is 0 Å². The van der Waals surface area contributed by atoms with E-state index in [0.29, 0.717) is 16.1 Å². The highest BCUT2D eigenvalue weighted by molar-refractivity contribution is 6.33.